The zero-order chi connectivity index (χ0) is 16.1. The second-order valence-corrected chi connectivity index (χ2v) is 6.09. The number of nitrogens with one attached hydrogen (secondary N) is 1. The molecule has 0 atom stereocenters. The van der Waals surface area contributed by atoms with Crippen molar-refractivity contribution in [2.45, 2.75) is 13.8 Å². The summed E-state index contributed by atoms with van der Waals surface area (Å²) in [6.07, 6.45) is 0. The average Bonchev–Trinajstić information content (AvgIpc) is 3.06. The zero-order valence-corrected chi connectivity index (χ0v) is 13.4. The predicted octanol–water partition coefficient (Wildman–Crippen LogP) is 1.59. The third-order valence-corrected chi connectivity index (χ3v) is 4.22. The van der Waals surface area contributed by atoms with Crippen LogP contribution in [0.2, 0.25) is 0 Å². The number of ether oxygens (including phenoxy) is 1. The molecule has 0 unspecified atom stereocenters. The van der Waals surface area contributed by atoms with Gasteiger partial charge in [0.25, 0.3) is 5.91 Å². The Morgan fingerprint density at radius 1 is 1.59 bits per heavy atom. The molecule has 0 spiro atoms. The van der Waals surface area contributed by atoms with Crippen LogP contribution in [0.3, 0.4) is 0 Å². The molecule has 0 aromatic carbocycles. The molecule has 22 heavy (non-hydrogen) atoms. The van der Waals surface area contributed by atoms with Gasteiger partial charge in [-0.05, 0) is 13.8 Å². The maximum absolute atomic E-state index is 11.7. The molecule has 2 rings (SSSR count). The molecule has 1 amide bonds. The van der Waals surface area contributed by atoms with Crippen molar-refractivity contribution in [1.29, 1.82) is 5.26 Å². The first-order valence-corrected chi connectivity index (χ1v) is 7.98. The summed E-state index contributed by atoms with van der Waals surface area (Å²) in [5.41, 5.74) is 2.82. The number of nitrogens with zero attached hydrogens (tertiary/aromatic N) is 4. The monoisotopic (exact) mass is 337 g/mol. The third kappa shape index (κ3) is 3.69. The van der Waals surface area contributed by atoms with E-state index in [1.807, 2.05) is 6.07 Å². The molecule has 1 N–H and O–H groups in total. The van der Waals surface area contributed by atoms with Crippen molar-refractivity contribution in [2.75, 3.05) is 17.8 Å². The van der Waals surface area contributed by atoms with E-state index in [1.54, 1.807) is 13.8 Å². The highest BCUT2D eigenvalue weighted by Gasteiger charge is 2.20. The second-order valence-electron chi connectivity index (χ2n) is 3.93. The molecule has 0 radical (unpaired) electrons. The van der Waals surface area contributed by atoms with Crippen LogP contribution in [0.25, 0.3) is 0 Å². The number of anilines is 1. The Morgan fingerprint density at radius 3 is 2.95 bits per heavy atom. The van der Waals surface area contributed by atoms with Gasteiger partial charge in [-0.3, -0.25) is 10.2 Å². The Bertz CT molecular complexity index is 717. The summed E-state index contributed by atoms with van der Waals surface area (Å²) in [7, 11) is 0. The number of aliphatic imine (C=N–C) groups is 1. The van der Waals surface area contributed by atoms with Crippen LogP contribution in [0.15, 0.2) is 10.1 Å². The highest BCUT2D eigenvalue weighted by molar-refractivity contribution is 8.16. The van der Waals surface area contributed by atoms with Crippen LogP contribution in [0.5, 0.6) is 0 Å². The number of thiazole rings is 1. The maximum Gasteiger partial charge on any atom is 0.358 e. The lowest BCUT2D eigenvalue weighted by Gasteiger charge is -1.98. The molecule has 1 aliphatic heterocycles. The van der Waals surface area contributed by atoms with Gasteiger partial charge in [-0.15, -0.1) is 0 Å². The maximum atomic E-state index is 11.7. The Morgan fingerprint density at radius 2 is 2.36 bits per heavy atom. The highest BCUT2D eigenvalue weighted by atomic mass is 32.2. The largest absolute Gasteiger partial charge is 0.461 e. The average molecular weight is 337 g/mol. The van der Waals surface area contributed by atoms with Crippen LogP contribution in [-0.4, -0.2) is 40.0 Å². The van der Waals surface area contributed by atoms with Gasteiger partial charge in [0.05, 0.1) is 12.4 Å². The van der Waals surface area contributed by atoms with Gasteiger partial charge in [-0.1, -0.05) is 23.1 Å². The van der Waals surface area contributed by atoms with E-state index in [0.29, 0.717) is 10.0 Å². The van der Waals surface area contributed by atoms with E-state index in [1.165, 1.54) is 11.3 Å². The van der Waals surface area contributed by atoms with Gasteiger partial charge in [0.15, 0.2) is 11.4 Å². The Hall–Kier alpha value is -2.25. The first-order valence-electron chi connectivity index (χ1n) is 6.18. The number of carbonyl (C=O) groups is 2. The number of hydrogen-bond acceptors (Lipinski definition) is 9. The van der Waals surface area contributed by atoms with Crippen LogP contribution in [0.4, 0.5) is 5.13 Å². The van der Waals surface area contributed by atoms with Gasteiger partial charge in [0.2, 0.25) is 5.13 Å². The standard InChI is InChI=1S/C12H11N5O3S2/c1-3-20-11(19)9-6(2)22-12(15-9)17-16-7(4-13)10-14-8(18)5-21-10/h3,5H2,1-2H3,(H,15,17)/b16-7+. The van der Waals surface area contributed by atoms with Crippen LogP contribution in [0, 0.1) is 18.3 Å². The molecule has 114 valence electrons. The molecule has 0 bridgehead atoms. The van der Waals surface area contributed by atoms with E-state index in [0.717, 1.165) is 11.8 Å². The molecule has 1 aliphatic rings. The van der Waals surface area contributed by atoms with Crippen molar-refractivity contribution in [3.63, 3.8) is 0 Å². The number of hydrogen-bond donors (Lipinski definition) is 1. The Balaban J connectivity index is 2.14. The normalized spacial score (nSPS) is 14.5. The fourth-order valence-electron chi connectivity index (χ4n) is 1.49. The molecular formula is C12H11N5O3S2. The highest BCUT2D eigenvalue weighted by Crippen LogP contribution is 2.23. The molecule has 0 saturated heterocycles. The number of amides is 1. The minimum absolute atomic E-state index is 0.00128. The summed E-state index contributed by atoms with van der Waals surface area (Å²) in [5.74, 6) is -0.591. The van der Waals surface area contributed by atoms with Crippen molar-refractivity contribution in [3.05, 3.63) is 10.6 Å². The third-order valence-electron chi connectivity index (χ3n) is 2.40. The van der Waals surface area contributed by atoms with E-state index < -0.39 is 5.97 Å². The van der Waals surface area contributed by atoms with E-state index in [9.17, 15) is 9.59 Å². The number of nitriles is 1. The summed E-state index contributed by atoms with van der Waals surface area (Å²) in [4.78, 5) is 31.2. The Labute approximate surface area is 134 Å². The summed E-state index contributed by atoms with van der Waals surface area (Å²) in [5, 5.41) is 13.6. The summed E-state index contributed by atoms with van der Waals surface area (Å²) in [6, 6.07) is 1.87. The van der Waals surface area contributed by atoms with E-state index in [-0.39, 0.29) is 34.7 Å². The van der Waals surface area contributed by atoms with Crippen molar-refractivity contribution in [2.24, 2.45) is 10.1 Å². The van der Waals surface area contributed by atoms with Gasteiger partial charge < -0.3 is 4.74 Å². The number of thioether (sulfide) groups is 1. The summed E-state index contributed by atoms with van der Waals surface area (Å²) < 4.78 is 4.89. The first kappa shape index (κ1) is 16.1. The molecule has 0 saturated carbocycles. The number of aromatic nitrogens is 1. The van der Waals surface area contributed by atoms with E-state index in [4.69, 9.17) is 10.00 Å². The molecule has 0 aliphatic carbocycles. The molecular weight excluding hydrogens is 326 g/mol. The fourth-order valence-corrected chi connectivity index (χ4v) is 2.95. The predicted molar refractivity (Wildman–Crippen MR) is 84.4 cm³/mol. The van der Waals surface area contributed by atoms with Gasteiger partial charge in [-0.2, -0.15) is 10.4 Å². The number of aryl methyl sites for hydroxylation is 1. The molecule has 8 nitrogen and oxygen atoms in total. The quantitative estimate of drug-likeness (QED) is 0.492. The van der Waals surface area contributed by atoms with E-state index >= 15 is 0 Å². The molecule has 10 heteroatoms. The molecule has 1 aromatic heterocycles. The smallest absolute Gasteiger partial charge is 0.358 e. The summed E-state index contributed by atoms with van der Waals surface area (Å²) in [6.45, 7) is 3.71. The van der Waals surface area contributed by atoms with Crippen LogP contribution < -0.4 is 5.43 Å². The minimum atomic E-state index is -0.505. The summed E-state index contributed by atoms with van der Waals surface area (Å²) >= 11 is 2.37. The topological polar surface area (TPSA) is 117 Å². The Kier molecular flexibility index (Phi) is 5.24. The molecule has 0 fully saturated rings. The molecule has 1 aromatic rings. The van der Waals surface area contributed by atoms with Crippen molar-refractivity contribution in [1.82, 2.24) is 4.98 Å². The number of hydrazone groups is 1. The zero-order valence-electron chi connectivity index (χ0n) is 11.7. The SMILES string of the molecule is CCOC(=O)c1nc(N/N=C(\C#N)C2=NC(=O)CS2)sc1C. The lowest BCUT2D eigenvalue weighted by Crippen LogP contribution is -2.09. The van der Waals surface area contributed by atoms with Gasteiger partial charge in [0, 0.05) is 4.88 Å². The van der Waals surface area contributed by atoms with E-state index in [2.05, 4.69) is 20.5 Å². The first-order chi connectivity index (χ1) is 10.5. The number of rotatable bonds is 5. The van der Waals surface area contributed by atoms with Crippen molar-refractivity contribution < 1.29 is 14.3 Å². The van der Waals surface area contributed by atoms with Crippen LogP contribution in [0.1, 0.15) is 22.3 Å². The van der Waals surface area contributed by atoms with Gasteiger partial charge in [0.1, 0.15) is 11.1 Å². The second kappa shape index (κ2) is 7.15. The molecule has 2 heterocycles. The minimum Gasteiger partial charge on any atom is -0.461 e. The van der Waals surface area contributed by atoms with Gasteiger partial charge >= 0.3 is 5.97 Å². The van der Waals surface area contributed by atoms with Crippen molar-refractivity contribution in [3.8, 4) is 6.07 Å². The van der Waals surface area contributed by atoms with Crippen LogP contribution in [-0.2, 0) is 9.53 Å². The van der Waals surface area contributed by atoms with Gasteiger partial charge in [-0.25, -0.2) is 14.8 Å². The fraction of sp³-hybridized carbons (Fsp3) is 0.333. The lowest BCUT2D eigenvalue weighted by atomic mass is 10.4. The van der Waals surface area contributed by atoms with Crippen molar-refractivity contribution >= 4 is 50.9 Å². The lowest BCUT2D eigenvalue weighted by molar-refractivity contribution is -0.115. The van der Waals surface area contributed by atoms with Crippen LogP contribution >= 0.6 is 23.1 Å². The number of esters is 1. The number of carbonyl (C=O) groups excluding carboxylic acids is 2.